The lowest BCUT2D eigenvalue weighted by Crippen LogP contribution is -1.96. The minimum absolute atomic E-state index is 0.269. The van der Waals surface area contributed by atoms with Crippen LogP contribution in [0.5, 0.6) is 0 Å². The molecule has 0 aliphatic heterocycles. The predicted molar refractivity (Wildman–Crippen MR) is 88.6 cm³/mol. The molecule has 0 N–H and O–H groups in total. The molecule has 0 unspecified atom stereocenters. The predicted octanol–water partition coefficient (Wildman–Crippen LogP) is 5.25. The Balaban J connectivity index is 1.85. The first-order valence-electron chi connectivity index (χ1n) is 6.74. The first kappa shape index (κ1) is 14.5. The van der Waals surface area contributed by atoms with Crippen molar-refractivity contribution < 1.29 is 0 Å². The van der Waals surface area contributed by atoms with Gasteiger partial charge in [-0.25, -0.2) is 0 Å². The molecule has 0 aliphatic rings. The number of hydrogen-bond acceptors (Lipinski definition) is 1. The van der Waals surface area contributed by atoms with E-state index in [-0.39, 0.29) is 6.04 Å². The van der Waals surface area contributed by atoms with E-state index < -0.39 is 0 Å². The molecule has 1 nitrogen and oxygen atoms in total. The molecule has 0 spiro atoms. The van der Waals surface area contributed by atoms with Crippen LogP contribution in [0.3, 0.4) is 0 Å². The smallest absolute Gasteiger partial charge is 0.0506 e. The summed E-state index contributed by atoms with van der Waals surface area (Å²) in [5.41, 5.74) is 2.30. The van der Waals surface area contributed by atoms with Gasteiger partial charge in [-0.05, 0) is 36.6 Å². The molecule has 0 aromatic heterocycles. The maximum absolute atomic E-state index is 5.85. The van der Waals surface area contributed by atoms with Crippen LogP contribution in [0.4, 0.5) is 0 Å². The molecule has 2 aromatic carbocycles. The van der Waals surface area contributed by atoms with Crippen molar-refractivity contribution in [3.63, 3.8) is 0 Å². The summed E-state index contributed by atoms with van der Waals surface area (Å²) < 4.78 is 0. The Morgan fingerprint density at radius 2 is 1.70 bits per heavy atom. The van der Waals surface area contributed by atoms with Gasteiger partial charge in [-0.1, -0.05) is 66.2 Å². The van der Waals surface area contributed by atoms with Gasteiger partial charge in [0.2, 0.25) is 0 Å². The SMILES string of the molecule is C[C@H](C/C=C/c1ccccc1)N=Cc1ccc(Cl)cc1. The van der Waals surface area contributed by atoms with E-state index in [1.54, 1.807) is 0 Å². The van der Waals surface area contributed by atoms with E-state index in [0.717, 1.165) is 17.0 Å². The Bertz CT molecular complexity index is 570. The van der Waals surface area contributed by atoms with E-state index in [4.69, 9.17) is 11.6 Å². The highest BCUT2D eigenvalue weighted by Crippen LogP contribution is 2.09. The third kappa shape index (κ3) is 5.02. The second-order valence-electron chi connectivity index (χ2n) is 4.73. The van der Waals surface area contributed by atoms with Gasteiger partial charge >= 0.3 is 0 Å². The number of halogens is 1. The standard InChI is InChI=1S/C18H18ClN/c1-15(6-5-9-16-7-3-2-4-8-16)20-14-17-10-12-18(19)13-11-17/h2-5,7-15H,6H2,1H3/b9-5+,20-14?/t15-/m1/s1. The van der Waals surface area contributed by atoms with E-state index in [9.17, 15) is 0 Å². The number of aliphatic imine (C=N–C) groups is 1. The summed E-state index contributed by atoms with van der Waals surface area (Å²) in [5.74, 6) is 0. The Kier molecular flexibility index (Phi) is 5.57. The lowest BCUT2D eigenvalue weighted by molar-refractivity contribution is 0.765. The number of hydrogen-bond donors (Lipinski definition) is 0. The number of rotatable bonds is 5. The molecule has 2 rings (SSSR count). The van der Waals surface area contributed by atoms with Crippen molar-refractivity contribution in [3.05, 3.63) is 76.8 Å². The average Bonchev–Trinajstić information content (AvgIpc) is 2.48. The zero-order valence-electron chi connectivity index (χ0n) is 11.5. The van der Waals surface area contributed by atoms with E-state index in [1.807, 2.05) is 48.7 Å². The van der Waals surface area contributed by atoms with Gasteiger partial charge in [0.25, 0.3) is 0 Å². The van der Waals surface area contributed by atoms with Crippen molar-refractivity contribution in [2.45, 2.75) is 19.4 Å². The average molecular weight is 284 g/mol. The van der Waals surface area contributed by atoms with Gasteiger partial charge in [0, 0.05) is 11.2 Å². The summed E-state index contributed by atoms with van der Waals surface area (Å²) in [7, 11) is 0. The molecule has 0 saturated heterocycles. The van der Waals surface area contributed by atoms with Crippen LogP contribution in [0.25, 0.3) is 6.08 Å². The zero-order chi connectivity index (χ0) is 14.2. The van der Waals surface area contributed by atoms with Crippen LogP contribution in [0.15, 0.2) is 65.7 Å². The van der Waals surface area contributed by atoms with Crippen LogP contribution < -0.4 is 0 Å². The summed E-state index contributed by atoms with van der Waals surface area (Å²) in [4.78, 5) is 4.54. The summed E-state index contributed by atoms with van der Waals surface area (Å²) in [6.07, 6.45) is 7.13. The molecule has 102 valence electrons. The van der Waals surface area contributed by atoms with Crippen LogP contribution >= 0.6 is 11.6 Å². The van der Waals surface area contributed by atoms with Crippen molar-refractivity contribution >= 4 is 23.9 Å². The molecule has 0 saturated carbocycles. The molecule has 0 fully saturated rings. The van der Waals surface area contributed by atoms with Gasteiger partial charge in [0.15, 0.2) is 0 Å². The molecule has 20 heavy (non-hydrogen) atoms. The Morgan fingerprint density at radius 1 is 1.00 bits per heavy atom. The van der Waals surface area contributed by atoms with Gasteiger partial charge in [0.05, 0.1) is 6.04 Å². The van der Waals surface area contributed by atoms with Crippen LogP contribution in [0.1, 0.15) is 24.5 Å². The van der Waals surface area contributed by atoms with Crippen molar-refractivity contribution in [3.8, 4) is 0 Å². The van der Waals surface area contributed by atoms with Crippen molar-refractivity contribution in [1.29, 1.82) is 0 Å². The molecule has 0 aliphatic carbocycles. The van der Waals surface area contributed by atoms with Crippen LogP contribution in [0, 0.1) is 0 Å². The van der Waals surface area contributed by atoms with Gasteiger partial charge < -0.3 is 0 Å². The normalized spacial score (nSPS) is 13.1. The number of nitrogens with zero attached hydrogens (tertiary/aromatic N) is 1. The van der Waals surface area contributed by atoms with Gasteiger partial charge in [0.1, 0.15) is 0 Å². The first-order chi connectivity index (χ1) is 9.74. The minimum Gasteiger partial charge on any atom is -0.289 e. The highest BCUT2D eigenvalue weighted by molar-refractivity contribution is 6.30. The molecule has 0 amide bonds. The number of benzene rings is 2. The summed E-state index contributed by atoms with van der Waals surface area (Å²) >= 11 is 5.85. The quantitative estimate of drug-likeness (QED) is 0.665. The summed E-state index contributed by atoms with van der Waals surface area (Å²) in [6, 6.07) is 18.3. The lowest BCUT2D eigenvalue weighted by Gasteiger charge is -2.01. The Hall–Kier alpha value is -1.86. The topological polar surface area (TPSA) is 12.4 Å². The van der Waals surface area contributed by atoms with Crippen LogP contribution in [-0.2, 0) is 0 Å². The van der Waals surface area contributed by atoms with Gasteiger partial charge in [-0.2, -0.15) is 0 Å². The van der Waals surface area contributed by atoms with E-state index in [1.165, 1.54) is 5.56 Å². The molecular weight excluding hydrogens is 266 g/mol. The Morgan fingerprint density at radius 3 is 2.40 bits per heavy atom. The fraction of sp³-hybridized carbons (Fsp3) is 0.167. The second kappa shape index (κ2) is 7.66. The largest absolute Gasteiger partial charge is 0.289 e. The molecule has 1 atom stereocenters. The molecule has 2 heteroatoms. The highest BCUT2D eigenvalue weighted by Gasteiger charge is 1.95. The minimum atomic E-state index is 0.269. The highest BCUT2D eigenvalue weighted by atomic mass is 35.5. The maximum Gasteiger partial charge on any atom is 0.0506 e. The van der Waals surface area contributed by atoms with E-state index >= 15 is 0 Å². The van der Waals surface area contributed by atoms with E-state index in [2.05, 4.69) is 36.2 Å². The van der Waals surface area contributed by atoms with Gasteiger partial charge in [-0.3, -0.25) is 4.99 Å². The van der Waals surface area contributed by atoms with Crippen molar-refractivity contribution in [2.24, 2.45) is 4.99 Å². The molecule has 0 heterocycles. The van der Waals surface area contributed by atoms with Gasteiger partial charge in [-0.15, -0.1) is 0 Å². The lowest BCUT2D eigenvalue weighted by atomic mass is 10.1. The summed E-state index contributed by atoms with van der Waals surface area (Å²) in [5, 5.41) is 0.751. The second-order valence-corrected chi connectivity index (χ2v) is 5.16. The molecular formula is C18H18ClN. The van der Waals surface area contributed by atoms with Crippen molar-refractivity contribution in [1.82, 2.24) is 0 Å². The third-order valence-electron chi connectivity index (χ3n) is 2.94. The third-order valence-corrected chi connectivity index (χ3v) is 3.19. The van der Waals surface area contributed by atoms with Crippen LogP contribution in [-0.4, -0.2) is 12.3 Å². The summed E-state index contributed by atoms with van der Waals surface area (Å²) in [6.45, 7) is 2.11. The van der Waals surface area contributed by atoms with Crippen molar-refractivity contribution in [2.75, 3.05) is 0 Å². The monoisotopic (exact) mass is 283 g/mol. The van der Waals surface area contributed by atoms with Crippen LogP contribution in [0.2, 0.25) is 5.02 Å². The molecule has 0 bridgehead atoms. The Labute approximate surface area is 125 Å². The van der Waals surface area contributed by atoms with E-state index in [0.29, 0.717) is 0 Å². The zero-order valence-corrected chi connectivity index (χ0v) is 12.3. The molecule has 0 radical (unpaired) electrons. The fourth-order valence-electron chi connectivity index (χ4n) is 1.79. The fourth-order valence-corrected chi connectivity index (χ4v) is 1.91. The first-order valence-corrected chi connectivity index (χ1v) is 7.12. The maximum atomic E-state index is 5.85. The molecule has 2 aromatic rings.